The van der Waals surface area contributed by atoms with E-state index in [0.29, 0.717) is 5.56 Å². The second kappa shape index (κ2) is 6.00. The van der Waals surface area contributed by atoms with Gasteiger partial charge in [-0.2, -0.15) is 0 Å². The number of nitrogens with one attached hydrogen (secondary N) is 2. The van der Waals surface area contributed by atoms with Crippen LogP contribution in [0.25, 0.3) is 0 Å². The highest BCUT2D eigenvalue weighted by Crippen LogP contribution is 2.22. The van der Waals surface area contributed by atoms with Crippen molar-refractivity contribution in [1.29, 1.82) is 0 Å². The molecule has 1 heterocycles. The molecule has 0 aliphatic carbocycles. The summed E-state index contributed by atoms with van der Waals surface area (Å²) >= 11 is 3.45. The van der Waals surface area contributed by atoms with Crippen LogP contribution in [0.3, 0.4) is 0 Å². The van der Waals surface area contributed by atoms with Crippen LogP contribution in [0.5, 0.6) is 0 Å². The molecule has 4 heteroatoms. The maximum atomic E-state index is 12.4. The van der Waals surface area contributed by atoms with Crippen LogP contribution in [0, 0.1) is 6.92 Å². The third-order valence-corrected chi connectivity index (χ3v) is 4.38. The van der Waals surface area contributed by atoms with Gasteiger partial charge in [-0.15, -0.1) is 0 Å². The van der Waals surface area contributed by atoms with Gasteiger partial charge in [-0.25, -0.2) is 0 Å². The van der Waals surface area contributed by atoms with Crippen LogP contribution in [-0.2, 0) is 13.0 Å². The first-order chi connectivity index (χ1) is 10.1. The molecule has 0 unspecified atom stereocenters. The van der Waals surface area contributed by atoms with E-state index < -0.39 is 0 Å². The Morgan fingerprint density at radius 2 is 2.05 bits per heavy atom. The Balaban J connectivity index is 1.81. The van der Waals surface area contributed by atoms with Gasteiger partial charge in [0, 0.05) is 16.7 Å². The highest BCUT2D eigenvalue weighted by Gasteiger charge is 2.13. The number of carbonyl (C=O) groups is 1. The molecule has 0 fully saturated rings. The van der Waals surface area contributed by atoms with Crippen molar-refractivity contribution in [3.8, 4) is 0 Å². The third-order valence-electron chi connectivity index (χ3n) is 3.72. The molecule has 0 radical (unpaired) electrons. The molecule has 0 bridgehead atoms. The van der Waals surface area contributed by atoms with E-state index in [1.165, 1.54) is 11.1 Å². The predicted molar refractivity (Wildman–Crippen MR) is 88.7 cm³/mol. The first kappa shape index (κ1) is 14.3. The normalized spacial score (nSPS) is 13.6. The summed E-state index contributed by atoms with van der Waals surface area (Å²) in [6.45, 7) is 3.89. The molecule has 3 nitrogen and oxygen atoms in total. The monoisotopic (exact) mass is 344 g/mol. The molecule has 1 aliphatic rings. The van der Waals surface area contributed by atoms with E-state index in [4.69, 9.17) is 0 Å². The standard InChI is InChI=1S/C17H17BrN2O/c1-11-2-5-15(16(18)8-11)17(21)20-14-4-3-12-6-7-19-10-13(12)9-14/h2-5,8-9,19H,6-7,10H2,1H3,(H,20,21). The second-order valence-corrected chi connectivity index (χ2v) is 6.20. The molecular weight excluding hydrogens is 328 g/mol. The molecule has 0 aromatic heterocycles. The Labute approximate surface area is 132 Å². The summed E-state index contributed by atoms with van der Waals surface area (Å²) in [5.41, 5.74) is 5.25. The van der Waals surface area contributed by atoms with Gasteiger partial charge >= 0.3 is 0 Å². The van der Waals surface area contributed by atoms with Crippen LogP contribution in [0.4, 0.5) is 5.69 Å². The maximum Gasteiger partial charge on any atom is 0.256 e. The average molecular weight is 345 g/mol. The van der Waals surface area contributed by atoms with E-state index in [1.54, 1.807) is 0 Å². The summed E-state index contributed by atoms with van der Waals surface area (Å²) in [5.74, 6) is -0.0920. The Hall–Kier alpha value is -1.65. The summed E-state index contributed by atoms with van der Waals surface area (Å²) in [7, 11) is 0. The molecule has 2 aromatic rings. The van der Waals surface area contributed by atoms with E-state index in [-0.39, 0.29) is 5.91 Å². The summed E-state index contributed by atoms with van der Waals surface area (Å²) in [5, 5.41) is 6.32. The van der Waals surface area contributed by atoms with Gasteiger partial charge in [-0.1, -0.05) is 12.1 Å². The fourth-order valence-corrected chi connectivity index (χ4v) is 3.23. The number of hydrogen-bond donors (Lipinski definition) is 2. The molecule has 0 atom stereocenters. The predicted octanol–water partition coefficient (Wildman–Crippen LogP) is 3.66. The Morgan fingerprint density at radius 3 is 2.86 bits per heavy atom. The molecule has 108 valence electrons. The minimum absolute atomic E-state index is 0.0920. The third kappa shape index (κ3) is 3.17. The number of anilines is 1. The first-order valence-corrected chi connectivity index (χ1v) is 7.83. The van der Waals surface area contributed by atoms with Crippen molar-refractivity contribution in [2.75, 3.05) is 11.9 Å². The number of rotatable bonds is 2. The van der Waals surface area contributed by atoms with Crippen LogP contribution in [-0.4, -0.2) is 12.5 Å². The zero-order valence-corrected chi connectivity index (χ0v) is 13.5. The molecule has 0 saturated heterocycles. The van der Waals surface area contributed by atoms with E-state index >= 15 is 0 Å². The average Bonchev–Trinajstić information content (AvgIpc) is 2.47. The molecular formula is C17H17BrN2O. The largest absolute Gasteiger partial charge is 0.322 e. The van der Waals surface area contributed by atoms with Crippen molar-refractivity contribution in [1.82, 2.24) is 5.32 Å². The van der Waals surface area contributed by atoms with E-state index in [9.17, 15) is 4.79 Å². The maximum absolute atomic E-state index is 12.4. The lowest BCUT2D eigenvalue weighted by Crippen LogP contribution is -2.23. The number of halogens is 1. The van der Waals surface area contributed by atoms with Crippen molar-refractivity contribution in [2.45, 2.75) is 19.9 Å². The van der Waals surface area contributed by atoms with Crippen LogP contribution >= 0.6 is 15.9 Å². The second-order valence-electron chi connectivity index (χ2n) is 5.35. The molecule has 3 rings (SSSR count). The number of amides is 1. The number of fused-ring (bicyclic) bond motifs is 1. The van der Waals surface area contributed by atoms with Gasteiger partial charge in [0.2, 0.25) is 0 Å². The van der Waals surface area contributed by atoms with Crippen LogP contribution in [0.1, 0.15) is 27.0 Å². The van der Waals surface area contributed by atoms with Crippen molar-refractivity contribution < 1.29 is 4.79 Å². The molecule has 0 saturated carbocycles. The van der Waals surface area contributed by atoms with Gasteiger partial charge in [0.15, 0.2) is 0 Å². The van der Waals surface area contributed by atoms with Gasteiger partial charge in [0.1, 0.15) is 0 Å². The van der Waals surface area contributed by atoms with E-state index in [2.05, 4.69) is 38.7 Å². The lowest BCUT2D eigenvalue weighted by atomic mass is 10.0. The Bertz CT molecular complexity index is 697. The zero-order chi connectivity index (χ0) is 14.8. The highest BCUT2D eigenvalue weighted by atomic mass is 79.9. The van der Waals surface area contributed by atoms with E-state index in [0.717, 1.165) is 35.2 Å². The lowest BCUT2D eigenvalue weighted by Gasteiger charge is -2.18. The smallest absolute Gasteiger partial charge is 0.256 e. The fourth-order valence-electron chi connectivity index (χ4n) is 2.56. The molecule has 21 heavy (non-hydrogen) atoms. The molecule has 2 aromatic carbocycles. The van der Waals surface area contributed by atoms with Gasteiger partial charge in [-0.3, -0.25) is 4.79 Å². The first-order valence-electron chi connectivity index (χ1n) is 7.03. The minimum atomic E-state index is -0.0920. The topological polar surface area (TPSA) is 41.1 Å². The minimum Gasteiger partial charge on any atom is -0.322 e. The summed E-state index contributed by atoms with van der Waals surface area (Å²) < 4.78 is 0.819. The number of hydrogen-bond acceptors (Lipinski definition) is 2. The summed E-state index contributed by atoms with van der Waals surface area (Å²) in [6, 6.07) is 11.9. The fraction of sp³-hybridized carbons (Fsp3) is 0.235. The number of aryl methyl sites for hydroxylation is 1. The van der Waals surface area contributed by atoms with Crippen molar-refractivity contribution >= 4 is 27.5 Å². The van der Waals surface area contributed by atoms with Crippen molar-refractivity contribution in [2.24, 2.45) is 0 Å². The van der Waals surface area contributed by atoms with Gasteiger partial charge in [0.05, 0.1) is 5.56 Å². The SMILES string of the molecule is Cc1ccc(C(=O)Nc2ccc3c(c2)CNCC3)c(Br)c1. The summed E-state index contributed by atoms with van der Waals surface area (Å²) in [4.78, 5) is 12.4. The molecule has 1 amide bonds. The highest BCUT2D eigenvalue weighted by molar-refractivity contribution is 9.10. The van der Waals surface area contributed by atoms with Crippen molar-refractivity contribution in [3.05, 3.63) is 63.1 Å². The quantitative estimate of drug-likeness (QED) is 0.872. The Morgan fingerprint density at radius 1 is 1.19 bits per heavy atom. The van der Waals surface area contributed by atoms with Crippen LogP contribution in [0.2, 0.25) is 0 Å². The zero-order valence-electron chi connectivity index (χ0n) is 11.9. The van der Waals surface area contributed by atoms with Gasteiger partial charge in [0.25, 0.3) is 5.91 Å². The summed E-state index contributed by atoms with van der Waals surface area (Å²) in [6.07, 6.45) is 1.05. The lowest BCUT2D eigenvalue weighted by molar-refractivity contribution is 0.102. The van der Waals surface area contributed by atoms with Crippen LogP contribution < -0.4 is 10.6 Å². The van der Waals surface area contributed by atoms with Gasteiger partial charge in [-0.05, 0) is 76.8 Å². The van der Waals surface area contributed by atoms with E-state index in [1.807, 2.05) is 31.2 Å². The Kier molecular flexibility index (Phi) is 4.08. The van der Waals surface area contributed by atoms with Crippen LogP contribution in [0.15, 0.2) is 40.9 Å². The number of carbonyl (C=O) groups excluding carboxylic acids is 1. The molecule has 1 aliphatic heterocycles. The van der Waals surface area contributed by atoms with Gasteiger partial charge < -0.3 is 10.6 Å². The molecule has 0 spiro atoms. The van der Waals surface area contributed by atoms with Crippen molar-refractivity contribution in [3.63, 3.8) is 0 Å². The number of benzene rings is 2. The molecule has 2 N–H and O–H groups in total.